The van der Waals surface area contributed by atoms with Crippen LogP contribution >= 0.6 is 0 Å². The molecule has 0 unspecified atom stereocenters. The summed E-state index contributed by atoms with van der Waals surface area (Å²) in [6.45, 7) is 2.21. The van der Waals surface area contributed by atoms with Crippen molar-refractivity contribution in [1.29, 1.82) is 0 Å². The summed E-state index contributed by atoms with van der Waals surface area (Å²) >= 11 is 0. The van der Waals surface area contributed by atoms with E-state index in [0.717, 1.165) is 22.3 Å². The van der Waals surface area contributed by atoms with Gasteiger partial charge in [-0.25, -0.2) is 15.1 Å². The van der Waals surface area contributed by atoms with Crippen LogP contribution in [-0.4, -0.2) is 114 Å². The number of hydrogen-bond donors (Lipinski definition) is 9. The quantitative estimate of drug-likeness (QED) is 0.0245. The van der Waals surface area contributed by atoms with Gasteiger partial charge in [0, 0.05) is 46.6 Å². The highest BCUT2D eigenvalue weighted by molar-refractivity contribution is 5.84. The van der Waals surface area contributed by atoms with Gasteiger partial charge in [0.2, 0.25) is 17.7 Å². The minimum absolute atomic E-state index is 0.0316. The van der Waals surface area contributed by atoms with Crippen molar-refractivity contribution in [3.05, 3.63) is 91.8 Å². The first-order valence-corrected chi connectivity index (χ1v) is 19.9. The van der Waals surface area contributed by atoms with E-state index in [-0.39, 0.29) is 112 Å². The number of aromatic nitrogens is 8. The maximum Gasteiger partial charge on any atom is 0.328 e. The predicted molar refractivity (Wildman–Crippen MR) is 231 cm³/mol. The van der Waals surface area contributed by atoms with E-state index in [4.69, 9.17) is 40.7 Å². The Morgan fingerprint density at radius 3 is 1.37 bits per heavy atom. The number of nitrogens with zero attached hydrogens (tertiary/aromatic N) is 6. The number of nitrogens with one attached hydrogen (secondary N) is 5. The largest absolute Gasteiger partial charge is 0.481 e. The Kier molecular flexibility index (Phi) is 17.4. The number of rotatable bonds is 22. The summed E-state index contributed by atoms with van der Waals surface area (Å²) in [5, 5.41) is 22.4. The van der Waals surface area contributed by atoms with Crippen molar-refractivity contribution >= 4 is 57.7 Å². The number of ether oxygens (including phenoxy) is 4. The SMILES string of the molecule is COCCOc1nc(N)c2[nH]c(=O)n(Cc3ccc(CNC(=O)CCC(=O)NO)cc3)c2n1.COCCOc1nc(N)c2[nH]c(=O)n(Cc3ccc(CNC(=O)CCC(=O)O)cc3)c2n1. The lowest BCUT2D eigenvalue weighted by atomic mass is 10.1. The summed E-state index contributed by atoms with van der Waals surface area (Å²) in [7, 11) is 3.09. The Morgan fingerprint density at radius 1 is 0.600 bits per heavy atom. The molecule has 6 aromatic rings. The number of carbonyl (C=O) groups is 4. The molecule has 0 spiro atoms. The molecule has 0 aliphatic heterocycles. The number of carbonyl (C=O) groups excluding carboxylic acids is 3. The molecule has 6 rings (SSSR count). The maximum atomic E-state index is 12.5. The number of hydroxylamine groups is 1. The van der Waals surface area contributed by atoms with Crippen LogP contribution in [0.1, 0.15) is 47.9 Å². The zero-order valence-electron chi connectivity index (χ0n) is 35.4. The number of carboxylic acid groups (broad SMARTS) is 1. The van der Waals surface area contributed by atoms with Crippen molar-refractivity contribution in [1.82, 2.24) is 55.2 Å². The molecule has 25 heteroatoms. The van der Waals surface area contributed by atoms with Crippen LogP contribution in [0.4, 0.5) is 11.6 Å². The fraction of sp³-hybridized carbons (Fsp3) is 0.350. The monoisotopic (exact) mass is 903 g/mol. The molecular weight excluding hydrogens is 855 g/mol. The lowest BCUT2D eigenvalue weighted by Gasteiger charge is -2.08. The number of aromatic amines is 2. The van der Waals surface area contributed by atoms with Gasteiger partial charge < -0.3 is 56.1 Å². The second kappa shape index (κ2) is 23.5. The van der Waals surface area contributed by atoms with Crippen molar-refractivity contribution < 1.29 is 48.4 Å². The highest BCUT2D eigenvalue weighted by Crippen LogP contribution is 2.20. The van der Waals surface area contributed by atoms with E-state index in [1.807, 2.05) is 48.5 Å². The van der Waals surface area contributed by atoms with Gasteiger partial charge in [0.15, 0.2) is 22.9 Å². The van der Waals surface area contributed by atoms with Gasteiger partial charge in [-0.15, -0.1) is 0 Å². The molecule has 0 saturated heterocycles. The topological polar surface area (TPSA) is 361 Å². The maximum absolute atomic E-state index is 12.5. The second-order valence-electron chi connectivity index (χ2n) is 14.0. The van der Waals surface area contributed by atoms with E-state index < -0.39 is 11.9 Å². The molecule has 25 nitrogen and oxygen atoms in total. The Bertz CT molecular complexity index is 2690. The summed E-state index contributed by atoms with van der Waals surface area (Å²) < 4.78 is 23.6. The number of methoxy groups -OCH3 is 2. The number of hydrogen-bond acceptors (Lipinski definition) is 17. The normalized spacial score (nSPS) is 10.9. The molecule has 4 aromatic heterocycles. The average molecular weight is 904 g/mol. The Morgan fingerprint density at radius 2 is 0.985 bits per heavy atom. The minimum Gasteiger partial charge on any atom is -0.481 e. The van der Waals surface area contributed by atoms with E-state index in [2.05, 4.69) is 40.5 Å². The third kappa shape index (κ3) is 14.1. The van der Waals surface area contributed by atoms with Gasteiger partial charge in [0.1, 0.15) is 24.2 Å². The molecule has 2 aromatic carbocycles. The molecule has 0 atom stereocenters. The smallest absolute Gasteiger partial charge is 0.328 e. The number of aliphatic carboxylic acids is 1. The third-order valence-corrected chi connectivity index (χ3v) is 9.27. The molecule has 0 aliphatic carbocycles. The number of amides is 3. The van der Waals surface area contributed by atoms with E-state index in [0.29, 0.717) is 35.5 Å². The summed E-state index contributed by atoms with van der Waals surface area (Å²) in [6, 6.07) is 14.7. The first kappa shape index (κ1) is 48.1. The van der Waals surface area contributed by atoms with Crippen molar-refractivity contribution in [2.45, 2.75) is 51.9 Å². The highest BCUT2D eigenvalue weighted by Gasteiger charge is 2.17. The van der Waals surface area contributed by atoms with E-state index in [1.54, 1.807) is 14.2 Å². The lowest BCUT2D eigenvalue weighted by molar-refractivity contribution is -0.138. The van der Waals surface area contributed by atoms with E-state index in [9.17, 15) is 28.8 Å². The number of anilines is 2. The first-order valence-electron chi connectivity index (χ1n) is 19.9. The van der Waals surface area contributed by atoms with Crippen LogP contribution in [-0.2, 0) is 54.8 Å². The molecule has 0 radical (unpaired) electrons. The third-order valence-electron chi connectivity index (χ3n) is 9.27. The molecule has 0 aliphatic rings. The van der Waals surface area contributed by atoms with Crippen LogP contribution in [0.15, 0.2) is 58.1 Å². The molecule has 3 amide bonds. The van der Waals surface area contributed by atoms with Crippen LogP contribution in [0.25, 0.3) is 22.3 Å². The molecule has 65 heavy (non-hydrogen) atoms. The van der Waals surface area contributed by atoms with Crippen molar-refractivity contribution in [2.75, 3.05) is 52.1 Å². The van der Waals surface area contributed by atoms with Gasteiger partial charge in [0.05, 0.1) is 32.7 Å². The van der Waals surface area contributed by atoms with Crippen LogP contribution in [0, 0.1) is 0 Å². The summed E-state index contributed by atoms with van der Waals surface area (Å²) in [6.07, 6.45) is -0.416. The summed E-state index contributed by atoms with van der Waals surface area (Å²) in [4.78, 5) is 91.8. The van der Waals surface area contributed by atoms with Gasteiger partial charge in [-0.1, -0.05) is 48.5 Å². The Balaban J connectivity index is 0.000000244. The highest BCUT2D eigenvalue weighted by atomic mass is 16.5. The molecule has 0 bridgehead atoms. The average Bonchev–Trinajstić information content (AvgIpc) is 3.78. The van der Waals surface area contributed by atoms with E-state index >= 15 is 0 Å². The van der Waals surface area contributed by atoms with Crippen LogP contribution in [0.2, 0.25) is 0 Å². The van der Waals surface area contributed by atoms with Gasteiger partial charge >= 0.3 is 29.4 Å². The van der Waals surface area contributed by atoms with Crippen LogP contribution in [0.3, 0.4) is 0 Å². The Labute approximate surface area is 368 Å². The number of carboxylic acids is 1. The number of imidazole rings is 2. The molecule has 0 saturated carbocycles. The number of fused-ring (bicyclic) bond motifs is 2. The molecular formula is C40H49N13O12. The predicted octanol–water partition coefficient (Wildman–Crippen LogP) is -0.0666. The fourth-order valence-electron chi connectivity index (χ4n) is 5.89. The van der Waals surface area contributed by atoms with Crippen LogP contribution < -0.4 is 48.4 Å². The first-order chi connectivity index (χ1) is 31.3. The summed E-state index contributed by atoms with van der Waals surface area (Å²) in [5.74, 6) is -2.07. The van der Waals surface area contributed by atoms with Crippen LogP contribution in [0.5, 0.6) is 12.0 Å². The molecule has 0 fully saturated rings. The lowest BCUT2D eigenvalue weighted by Crippen LogP contribution is -2.26. The second-order valence-corrected chi connectivity index (χ2v) is 14.0. The number of nitrogen functional groups attached to an aromatic ring is 2. The Hall–Kier alpha value is -7.90. The molecule has 346 valence electrons. The standard InChI is InChI=1S/C20H25N7O6.C20H24N6O6/c1-32-8-9-33-19-24-17(21)16-18(25-19)27(20(30)23-16)11-13-4-2-12(3-5-13)10-22-14(28)6-7-15(29)26-31;1-31-8-9-32-19-24-17(21)16-18(25-19)26(20(30)23-16)11-13-4-2-12(3-5-13)10-22-14(27)6-7-15(28)29/h2-5,31H,6-11H2,1H3,(H,22,28)(H,23,30)(H,26,29)(H2,21,24,25);2-5H,6-11H2,1H3,(H,22,27)(H,23,30)(H,28,29)(H2,21,24,25). The minimum atomic E-state index is -1.02. The molecule has 11 N–H and O–H groups in total. The number of nitrogens with two attached hydrogens (primary N) is 2. The molecule has 4 heterocycles. The van der Waals surface area contributed by atoms with Gasteiger partial charge in [-0.05, 0) is 22.3 Å². The van der Waals surface area contributed by atoms with Gasteiger partial charge in [-0.2, -0.15) is 19.9 Å². The van der Waals surface area contributed by atoms with Crippen molar-refractivity contribution in [3.8, 4) is 12.0 Å². The zero-order valence-corrected chi connectivity index (χ0v) is 35.4. The van der Waals surface area contributed by atoms with Gasteiger partial charge in [-0.3, -0.25) is 33.5 Å². The number of benzene rings is 2. The van der Waals surface area contributed by atoms with Crippen molar-refractivity contribution in [3.63, 3.8) is 0 Å². The summed E-state index contributed by atoms with van der Waals surface area (Å²) in [5.41, 5.74) is 17.2. The zero-order chi connectivity index (χ0) is 46.9. The van der Waals surface area contributed by atoms with E-state index in [1.165, 1.54) is 14.6 Å². The van der Waals surface area contributed by atoms with Crippen molar-refractivity contribution in [2.24, 2.45) is 0 Å². The van der Waals surface area contributed by atoms with Gasteiger partial charge in [0.25, 0.3) is 0 Å². The number of H-pyrrole nitrogens is 2. The fourth-order valence-corrected chi connectivity index (χ4v) is 5.89.